The second-order valence-electron chi connectivity index (χ2n) is 11.8. The molecule has 0 heterocycles. The van der Waals surface area contributed by atoms with E-state index in [2.05, 4.69) is 175 Å². The van der Waals surface area contributed by atoms with Gasteiger partial charge < -0.3 is 5.32 Å². The number of anilines is 2. The molecule has 0 atom stereocenters. The second-order valence-corrected chi connectivity index (χ2v) is 11.8. The standard InChI is InChI=1S/C43H29N/c1-3-14-29(15-4-1)31-26-32(30-16-5-2-6-17-30)28-33(27-31)44-41-25-13-21-37-36-20-9-12-24-40(36)43(42(37)41)38-22-10-7-18-34(38)35-19-8-11-23-39(35)43/h1-28,44H. The van der Waals surface area contributed by atoms with E-state index >= 15 is 0 Å². The van der Waals surface area contributed by atoms with E-state index in [1.807, 2.05) is 0 Å². The highest BCUT2D eigenvalue weighted by molar-refractivity contribution is 5.98. The number of hydrogen-bond acceptors (Lipinski definition) is 1. The zero-order chi connectivity index (χ0) is 29.1. The van der Waals surface area contributed by atoms with Crippen molar-refractivity contribution in [3.63, 3.8) is 0 Å². The first kappa shape index (κ1) is 24.9. The minimum absolute atomic E-state index is 0.401. The van der Waals surface area contributed by atoms with Crippen LogP contribution >= 0.6 is 0 Å². The van der Waals surface area contributed by atoms with Crippen LogP contribution in [0.1, 0.15) is 22.3 Å². The number of hydrogen-bond donors (Lipinski definition) is 1. The Balaban J connectivity index is 1.30. The van der Waals surface area contributed by atoms with Crippen molar-refractivity contribution < 1.29 is 0 Å². The summed E-state index contributed by atoms with van der Waals surface area (Å²) in [7, 11) is 0. The van der Waals surface area contributed by atoms with Gasteiger partial charge in [-0.2, -0.15) is 0 Å². The Morgan fingerprint density at radius 1 is 0.341 bits per heavy atom. The molecule has 0 aromatic heterocycles. The van der Waals surface area contributed by atoms with Crippen LogP contribution in [-0.2, 0) is 5.41 Å². The number of fused-ring (bicyclic) bond motifs is 10. The predicted molar refractivity (Wildman–Crippen MR) is 183 cm³/mol. The van der Waals surface area contributed by atoms with Crippen LogP contribution in [0.25, 0.3) is 44.5 Å². The summed E-state index contributed by atoms with van der Waals surface area (Å²) in [6.07, 6.45) is 0. The van der Waals surface area contributed by atoms with Gasteiger partial charge in [0.05, 0.1) is 5.41 Å². The Bertz CT molecular complexity index is 2070. The lowest BCUT2D eigenvalue weighted by molar-refractivity contribution is 0.796. The van der Waals surface area contributed by atoms with Crippen LogP contribution in [-0.4, -0.2) is 0 Å². The summed E-state index contributed by atoms with van der Waals surface area (Å²) in [6.45, 7) is 0. The van der Waals surface area contributed by atoms with Crippen molar-refractivity contribution in [1.29, 1.82) is 0 Å². The molecular weight excluding hydrogens is 530 g/mol. The van der Waals surface area contributed by atoms with E-state index in [1.165, 1.54) is 66.8 Å². The summed E-state index contributed by atoms with van der Waals surface area (Å²) in [6, 6.07) is 61.9. The normalized spacial score (nSPS) is 13.2. The van der Waals surface area contributed by atoms with Gasteiger partial charge in [0, 0.05) is 16.9 Å². The zero-order valence-corrected chi connectivity index (χ0v) is 24.2. The van der Waals surface area contributed by atoms with Crippen molar-refractivity contribution in [1.82, 2.24) is 0 Å². The second kappa shape index (κ2) is 9.69. The monoisotopic (exact) mass is 559 g/mol. The molecule has 7 aromatic carbocycles. The molecule has 9 rings (SSSR count). The first-order valence-electron chi connectivity index (χ1n) is 15.3. The zero-order valence-electron chi connectivity index (χ0n) is 24.2. The lowest BCUT2D eigenvalue weighted by Gasteiger charge is -2.32. The van der Waals surface area contributed by atoms with Crippen molar-refractivity contribution in [2.24, 2.45) is 0 Å². The highest BCUT2D eigenvalue weighted by Gasteiger charge is 2.52. The molecule has 0 aliphatic heterocycles. The van der Waals surface area contributed by atoms with E-state index in [9.17, 15) is 0 Å². The molecule has 206 valence electrons. The summed E-state index contributed by atoms with van der Waals surface area (Å²) in [5.41, 5.74) is 17.2. The third-order valence-corrected chi connectivity index (χ3v) is 9.44. The van der Waals surface area contributed by atoms with E-state index in [1.54, 1.807) is 0 Å². The summed E-state index contributed by atoms with van der Waals surface area (Å²) < 4.78 is 0. The Kier molecular flexibility index (Phi) is 5.48. The lowest BCUT2D eigenvalue weighted by atomic mass is 9.70. The van der Waals surface area contributed by atoms with Crippen LogP contribution < -0.4 is 5.32 Å². The van der Waals surface area contributed by atoms with Gasteiger partial charge in [0.15, 0.2) is 0 Å². The third-order valence-electron chi connectivity index (χ3n) is 9.44. The van der Waals surface area contributed by atoms with Crippen molar-refractivity contribution in [3.05, 3.63) is 192 Å². The first-order valence-corrected chi connectivity index (χ1v) is 15.3. The van der Waals surface area contributed by atoms with Crippen LogP contribution in [0.5, 0.6) is 0 Å². The molecule has 2 aliphatic rings. The summed E-state index contributed by atoms with van der Waals surface area (Å²) >= 11 is 0. The highest BCUT2D eigenvalue weighted by atomic mass is 14.9. The van der Waals surface area contributed by atoms with Crippen LogP contribution in [0.4, 0.5) is 11.4 Å². The molecule has 0 radical (unpaired) electrons. The van der Waals surface area contributed by atoms with E-state index in [0.717, 1.165) is 11.4 Å². The van der Waals surface area contributed by atoms with Gasteiger partial charge in [-0.1, -0.05) is 146 Å². The fourth-order valence-corrected chi connectivity index (χ4v) is 7.71. The van der Waals surface area contributed by atoms with Crippen LogP contribution in [0.3, 0.4) is 0 Å². The molecule has 0 fully saturated rings. The van der Waals surface area contributed by atoms with Crippen molar-refractivity contribution in [2.45, 2.75) is 5.41 Å². The summed E-state index contributed by atoms with van der Waals surface area (Å²) in [5, 5.41) is 3.97. The van der Waals surface area contributed by atoms with E-state index in [0.29, 0.717) is 0 Å². The van der Waals surface area contributed by atoms with Crippen LogP contribution in [0, 0.1) is 0 Å². The molecule has 1 spiro atoms. The number of rotatable bonds is 4. The maximum Gasteiger partial charge on any atom is 0.0745 e. The average molecular weight is 560 g/mol. The maximum atomic E-state index is 3.97. The quantitative estimate of drug-likeness (QED) is 0.226. The highest BCUT2D eigenvalue weighted by Crippen LogP contribution is 2.64. The lowest BCUT2D eigenvalue weighted by Crippen LogP contribution is -2.26. The molecule has 0 amide bonds. The average Bonchev–Trinajstić information content (AvgIpc) is 3.57. The van der Waals surface area contributed by atoms with Gasteiger partial charge in [-0.05, 0) is 85.5 Å². The molecule has 1 nitrogen and oxygen atoms in total. The third kappa shape index (κ3) is 3.53. The number of nitrogens with one attached hydrogen (secondary N) is 1. The Morgan fingerprint density at radius 2 is 0.773 bits per heavy atom. The molecule has 0 saturated heterocycles. The van der Waals surface area contributed by atoms with Crippen molar-refractivity contribution >= 4 is 11.4 Å². The van der Waals surface area contributed by atoms with Gasteiger partial charge in [-0.25, -0.2) is 0 Å². The molecule has 0 unspecified atom stereocenters. The Morgan fingerprint density at radius 3 is 1.30 bits per heavy atom. The predicted octanol–water partition coefficient (Wildman–Crippen LogP) is 11.1. The van der Waals surface area contributed by atoms with Gasteiger partial charge in [0.25, 0.3) is 0 Å². The topological polar surface area (TPSA) is 12.0 Å². The van der Waals surface area contributed by atoms with Gasteiger partial charge in [0.1, 0.15) is 0 Å². The van der Waals surface area contributed by atoms with Crippen molar-refractivity contribution in [3.8, 4) is 44.5 Å². The molecule has 2 aliphatic carbocycles. The van der Waals surface area contributed by atoms with Gasteiger partial charge >= 0.3 is 0 Å². The first-order chi connectivity index (χ1) is 21.8. The number of benzene rings is 7. The van der Waals surface area contributed by atoms with Crippen LogP contribution in [0.2, 0.25) is 0 Å². The molecule has 0 saturated carbocycles. The molecule has 44 heavy (non-hydrogen) atoms. The van der Waals surface area contributed by atoms with Crippen molar-refractivity contribution in [2.75, 3.05) is 5.32 Å². The maximum absolute atomic E-state index is 3.97. The Hall–Kier alpha value is -5.66. The molecular formula is C43H29N. The summed E-state index contributed by atoms with van der Waals surface area (Å²) in [5.74, 6) is 0. The van der Waals surface area contributed by atoms with Gasteiger partial charge in [-0.15, -0.1) is 0 Å². The molecule has 7 aromatic rings. The smallest absolute Gasteiger partial charge is 0.0745 e. The fraction of sp³-hybridized carbons (Fsp3) is 0.0233. The van der Waals surface area contributed by atoms with Gasteiger partial charge in [-0.3, -0.25) is 0 Å². The van der Waals surface area contributed by atoms with E-state index in [-0.39, 0.29) is 0 Å². The molecule has 0 bridgehead atoms. The SMILES string of the molecule is c1ccc(-c2cc(Nc3cccc4c3C3(c5ccccc5-c5ccccc53)c3ccccc3-4)cc(-c3ccccc3)c2)cc1. The van der Waals surface area contributed by atoms with Crippen LogP contribution in [0.15, 0.2) is 170 Å². The molecule has 1 heteroatoms. The minimum atomic E-state index is -0.401. The van der Waals surface area contributed by atoms with E-state index < -0.39 is 5.41 Å². The minimum Gasteiger partial charge on any atom is -0.355 e. The molecule has 1 N–H and O–H groups in total. The van der Waals surface area contributed by atoms with Gasteiger partial charge in [0.2, 0.25) is 0 Å². The van der Waals surface area contributed by atoms with E-state index in [4.69, 9.17) is 0 Å². The summed E-state index contributed by atoms with van der Waals surface area (Å²) in [4.78, 5) is 0. The fourth-order valence-electron chi connectivity index (χ4n) is 7.71. The Labute approximate surface area is 258 Å². The largest absolute Gasteiger partial charge is 0.355 e.